The second-order valence-electron chi connectivity index (χ2n) is 13.2. The summed E-state index contributed by atoms with van der Waals surface area (Å²) in [6.07, 6.45) is 0.372. The Bertz CT molecular complexity index is 734. The highest BCUT2D eigenvalue weighted by atomic mass is 16.3. The molecular formula is C27H48O7. The van der Waals surface area contributed by atoms with E-state index in [1.54, 1.807) is 0 Å². The second-order valence-corrected chi connectivity index (χ2v) is 13.2. The third kappa shape index (κ3) is 3.80. The van der Waals surface area contributed by atoms with E-state index in [0.29, 0.717) is 19.3 Å². The maximum absolute atomic E-state index is 12.3. The quantitative estimate of drug-likeness (QED) is 0.302. The lowest BCUT2D eigenvalue weighted by atomic mass is 9.41. The molecule has 1 unspecified atom stereocenters. The smallest absolute Gasteiger partial charge is 0.0863 e. The first kappa shape index (κ1) is 26.8. The van der Waals surface area contributed by atoms with Gasteiger partial charge in [-0.3, -0.25) is 0 Å². The van der Waals surface area contributed by atoms with Crippen LogP contribution in [0.5, 0.6) is 0 Å². The Balaban J connectivity index is 1.63. The molecule has 4 rings (SSSR count). The van der Waals surface area contributed by atoms with Crippen molar-refractivity contribution in [3.8, 4) is 0 Å². The highest BCUT2D eigenvalue weighted by Crippen LogP contribution is 2.69. The molecule has 0 aromatic heterocycles. The zero-order chi connectivity index (χ0) is 25.2. The molecule has 14 atom stereocenters. The average Bonchev–Trinajstić information content (AvgIpc) is 2.96. The van der Waals surface area contributed by atoms with Gasteiger partial charge in [0.15, 0.2) is 0 Å². The van der Waals surface area contributed by atoms with E-state index in [1.165, 1.54) is 0 Å². The normalized spacial score (nSPS) is 54.6. The standard InChI is InChI=1S/C27H48O7/c1-14(13-28)6-5-7-15(2)19-22(32)23(33)24-26(19,4)11-9-18-25(3)10-8-16(29)21(31)20(25)17(30)12-27(18,24)34/h14-24,28-34H,5-13H2,1-4H3/t14?,15-,16+,17+,18-,19+,20+,21+,22-,23+,24-,25+,26-,27+/m1/s1. The predicted octanol–water partition coefficient (Wildman–Crippen LogP) is 1.44. The van der Waals surface area contributed by atoms with Crippen molar-refractivity contribution in [2.45, 2.75) is 115 Å². The van der Waals surface area contributed by atoms with Crippen molar-refractivity contribution in [2.75, 3.05) is 6.61 Å². The summed E-state index contributed by atoms with van der Waals surface area (Å²) >= 11 is 0. The van der Waals surface area contributed by atoms with Gasteiger partial charge in [0.25, 0.3) is 0 Å². The van der Waals surface area contributed by atoms with Gasteiger partial charge >= 0.3 is 0 Å². The maximum Gasteiger partial charge on any atom is 0.0863 e. The van der Waals surface area contributed by atoms with Crippen molar-refractivity contribution in [2.24, 2.45) is 46.3 Å². The highest BCUT2D eigenvalue weighted by Gasteiger charge is 2.73. The summed E-state index contributed by atoms with van der Waals surface area (Å²) in [5, 5.41) is 76.6. The molecule has 4 saturated carbocycles. The third-order valence-corrected chi connectivity index (χ3v) is 11.2. The first-order valence-corrected chi connectivity index (χ1v) is 13.6. The summed E-state index contributed by atoms with van der Waals surface area (Å²) in [6, 6.07) is 0. The van der Waals surface area contributed by atoms with Crippen molar-refractivity contribution in [1.82, 2.24) is 0 Å². The SMILES string of the molecule is CC(CO)CCC[C@@H](C)[C@H]1[C@@H](O)[C@H](O)[C@@H]2[C@]1(C)CC[C@@H]1[C@]3(C)CC[C@H](O)[C@H](O)[C@@H]3[C@@H](O)C[C@]12O. The van der Waals surface area contributed by atoms with Crippen LogP contribution in [0.1, 0.15) is 79.1 Å². The summed E-state index contributed by atoms with van der Waals surface area (Å²) in [6.45, 7) is 8.44. The molecule has 7 heteroatoms. The lowest BCUT2D eigenvalue weighted by molar-refractivity contribution is -0.280. The van der Waals surface area contributed by atoms with Crippen LogP contribution in [-0.2, 0) is 0 Å². The Hall–Kier alpha value is -0.280. The Morgan fingerprint density at radius 2 is 1.47 bits per heavy atom. The lowest BCUT2D eigenvalue weighted by Crippen LogP contribution is -2.71. The van der Waals surface area contributed by atoms with Crippen molar-refractivity contribution in [3.05, 3.63) is 0 Å². The molecule has 4 fully saturated rings. The molecule has 4 aliphatic rings. The van der Waals surface area contributed by atoms with E-state index < -0.39 is 58.8 Å². The average molecular weight is 485 g/mol. The van der Waals surface area contributed by atoms with E-state index in [1.807, 2.05) is 13.8 Å². The Morgan fingerprint density at radius 3 is 2.12 bits per heavy atom. The highest BCUT2D eigenvalue weighted by molar-refractivity contribution is 5.22. The van der Waals surface area contributed by atoms with Gasteiger partial charge in [0.05, 0.1) is 36.1 Å². The molecule has 4 aliphatic carbocycles. The third-order valence-electron chi connectivity index (χ3n) is 11.2. The van der Waals surface area contributed by atoms with Gasteiger partial charge in [-0.2, -0.15) is 0 Å². The Labute approximate surface area is 204 Å². The van der Waals surface area contributed by atoms with Crippen molar-refractivity contribution >= 4 is 0 Å². The van der Waals surface area contributed by atoms with Crippen LogP contribution in [0.25, 0.3) is 0 Å². The van der Waals surface area contributed by atoms with Crippen molar-refractivity contribution in [1.29, 1.82) is 0 Å². The second kappa shape index (κ2) is 9.23. The molecule has 0 aliphatic heterocycles. The number of aliphatic hydroxyl groups is 7. The zero-order valence-corrected chi connectivity index (χ0v) is 21.3. The number of aliphatic hydroxyl groups excluding tert-OH is 6. The van der Waals surface area contributed by atoms with Crippen LogP contribution in [0.3, 0.4) is 0 Å². The van der Waals surface area contributed by atoms with Crippen LogP contribution in [-0.4, -0.2) is 78.5 Å². The number of hydrogen-bond donors (Lipinski definition) is 7. The molecule has 0 saturated heterocycles. The van der Waals surface area contributed by atoms with E-state index >= 15 is 0 Å². The van der Waals surface area contributed by atoms with Gasteiger partial charge < -0.3 is 35.7 Å². The van der Waals surface area contributed by atoms with Crippen LogP contribution >= 0.6 is 0 Å². The largest absolute Gasteiger partial charge is 0.396 e. The van der Waals surface area contributed by atoms with Crippen molar-refractivity contribution < 1.29 is 35.7 Å². The first-order chi connectivity index (χ1) is 15.8. The summed E-state index contributed by atoms with van der Waals surface area (Å²) in [5.74, 6) is -1.08. The van der Waals surface area contributed by atoms with E-state index in [0.717, 1.165) is 25.7 Å². The molecule has 0 aromatic rings. The molecule has 0 aromatic carbocycles. The van der Waals surface area contributed by atoms with E-state index in [9.17, 15) is 35.7 Å². The number of rotatable bonds is 6. The zero-order valence-electron chi connectivity index (χ0n) is 21.3. The minimum absolute atomic E-state index is 0.0425. The summed E-state index contributed by atoms with van der Waals surface area (Å²) in [5.41, 5.74) is -2.37. The molecule has 34 heavy (non-hydrogen) atoms. The van der Waals surface area contributed by atoms with E-state index in [4.69, 9.17) is 0 Å². The number of fused-ring (bicyclic) bond motifs is 5. The fourth-order valence-electron chi connectivity index (χ4n) is 9.69. The Morgan fingerprint density at radius 1 is 0.824 bits per heavy atom. The minimum Gasteiger partial charge on any atom is -0.396 e. The first-order valence-electron chi connectivity index (χ1n) is 13.6. The summed E-state index contributed by atoms with van der Waals surface area (Å²) < 4.78 is 0. The fraction of sp³-hybridized carbons (Fsp3) is 1.00. The number of hydrogen-bond acceptors (Lipinski definition) is 7. The van der Waals surface area contributed by atoms with Crippen molar-refractivity contribution in [3.63, 3.8) is 0 Å². The molecule has 0 amide bonds. The summed E-state index contributed by atoms with van der Waals surface area (Å²) in [7, 11) is 0. The maximum atomic E-state index is 12.3. The molecule has 0 bridgehead atoms. The van der Waals surface area contributed by atoms with Gasteiger partial charge in [-0.15, -0.1) is 0 Å². The van der Waals surface area contributed by atoms with Gasteiger partial charge in [-0.1, -0.05) is 40.5 Å². The van der Waals surface area contributed by atoms with Crippen LogP contribution in [0, 0.1) is 46.3 Å². The summed E-state index contributed by atoms with van der Waals surface area (Å²) in [4.78, 5) is 0. The van der Waals surface area contributed by atoms with Gasteiger partial charge in [0, 0.05) is 24.9 Å². The molecular weight excluding hydrogens is 436 g/mol. The van der Waals surface area contributed by atoms with Gasteiger partial charge in [-0.05, 0) is 66.6 Å². The molecule has 7 N–H and O–H groups in total. The molecule has 0 radical (unpaired) electrons. The van der Waals surface area contributed by atoms with Gasteiger partial charge in [-0.25, -0.2) is 0 Å². The fourth-order valence-corrected chi connectivity index (χ4v) is 9.69. The lowest BCUT2D eigenvalue weighted by Gasteiger charge is -2.66. The van der Waals surface area contributed by atoms with Crippen LogP contribution in [0.2, 0.25) is 0 Å². The topological polar surface area (TPSA) is 142 Å². The Kier molecular flexibility index (Phi) is 7.27. The molecule has 0 heterocycles. The monoisotopic (exact) mass is 484 g/mol. The van der Waals surface area contributed by atoms with Crippen LogP contribution in [0.15, 0.2) is 0 Å². The molecule has 7 nitrogen and oxygen atoms in total. The van der Waals surface area contributed by atoms with Crippen LogP contribution < -0.4 is 0 Å². The van der Waals surface area contributed by atoms with Gasteiger partial charge in [0.1, 0.15) is 0 Å². The molecule has 198 valence electrons. The van der Waals surface area contributed by atoms with E-state index in [-0.39, 0.29) is 36.7 Å². The van der Waals surface area contributed by atoms with Gasteiger partial charge in [0.2, 0.25) is 0 Å². The van der Waals surface area contributed by atoms with E-state index in [2.05, 4.69) is 13.8 Å². The predicted molar refractivity (Wildman–Crippen MR) is 128 cm³/mol. The minimum atomic E-state index is -1.35. The molecule has 0 spiro atoms. The van der Waals surface area contributed by atoms with Crippen LogP contribution in [0.4, 0.5) is 0 Å².